The molecule has 1 aromatic rings. The van der Waals surface area contributed by atoms with Gasteiger partial charge in [0.1, 0.15) is 5.01 Å². The van der Waals surface area contributed by atoms with Gasteiger partial charge < -0.3 is 9.64 Å². The molecule has 1 aromatic heterocycles. The van der Waals surface area contributed by atoms with Crippen LogP contribution in [0, 0.1) is 0 Å². The number of carbonyl (C=O) groups is 2. The van der Waals surface area contributed by atoms with Gasteiger partial charge >= 0.3 is 12.0 Å². The van der Waals surface area contributed by atoms with Crippen molar-refractivity contribution >= 4 is 28.5 Å². The number of aromatic nitrogens is 2. The Balaban J connectivity index is 2.18. The van der Waals surface area contributed by atoms with E-state index in [-0.39, 0.29) is 17.4 Å². The zero-order valence-corrected chi connectivity index (χ0v) is 16.3. The largest absolute Gasteiger partial charge is 0.441 e. The van der Waals surface area contributed by atoms with Crippen molar-refractivity contribution in [2.75, 3.05) is 18.5 Å². The zero-order valence-electron chi connectivity index (χ0n) is 15.5. The summed E-state index contributed by atoms with van der Waals surface area (Å²) in [4.78, 5) is 27.7. The van der Waals surface area contributed by atoms with Gasteiger partial charge in [0.15, 0.2) is 6.23 Å². The quantitative estimate of drug-likeness (QED) is 0.590. The van der Waals surface area contributed by atoms with E-state index in [9.17, 15) is 9.59 Å². The van der Waals surface area contributed by atoms with Crippen LogP contribution in [0.25, 0.3) is 0 Å². The van der Waals surface area contributed by atoms with Gasteiger partial charge in [0.05, 0.1) is 0 Å². The molecule has 1 fully saturated rings. The number of esters is 1. The van der Waals surface area contributed by atoms with Crippen LogP contribution in [-0.2, 0) is 14.9 Å². The van der Waals surface area contributed by atoms with Crippen molar-refractivity contribution in [3.63, 3.8) is 0 Å². The Hall–Kier alpha value is -1.96. The lowest BCUT2D eigenvalue weighted by molar-refractivity contribution is -0.149. The Bertz CT molecular complexity index is 651. The van der Waals surface area contributed by atoms with Gasteiger partial charge in [-0.25, -0.2) is 9.69 Å². The zero-order chi connectivity index (χ0) is 18.6. The van der Waals surface area contributed by atoms with E-state index in [2.05, 4.69) is 10.2 Å². The predicted molar refractivity (Wildman–Crippen MR) is 97.7 cm³/mol. The summed E-state index contributed by atoms with van der Waals surface area (Å²) in [5.74, 6) is -0.314. The molecule has 1 aliphatic heterocycles. The molecule has 8 heteroatoms. The van der Waals surface area contributed by atoms with E-state index in [1.165, 1.54) is 16.2 Å². The Morgan fingerprint density at radius 2 is 2.12 bits per heavy atom. The molecule has 0 bridgehead atoms. The van der Waals surface area contributed by atoms with Crippen molar-refractivity contribution in [1.82, 2.24) is 15.1 Å². The van der Waals surface area contributed by atoms with E-state index in [1.807, 2.05) is 39.8 Å². The number of carbonyl (C=O) groups excluding carboxylic acids is 2. The number of urea groups is 1. The van der Waals surface area contributed by atoms with Crippen molar-refractivity contribution in [2.45, 2.75) is 58.6 Å². The van der Waals surface area contributed by atoms with Crippen molar-refractivity contribution in [3.8, 4) is 0 Å². The maximum Gasteiger partial charge on any atom is 0.329 e. The van der Waals surface area contributed by atoms with Crippen LogP contribution >= 0.6 is 11.3 Å². The first kappa shape index (κ1) is 19.4. The average Bonchev–Trinajstić information content (AvgIpc) is 3.01. The summed E-state index contributed by atoms with van der Waals surface area (Å²) in [7, 11) is 1.73. The molecule has 1 unspecified atom stereocenters. The van der Waals surface area contributed by atoms with Crippen LogP contribution in [0.2, 0.25) is 0 Å². The molecule has 0 saturated carbocycles. The second-order valence-corrected chi connectivity index (χ2v) is 8.01. The summed E-state index contributed by atoms with van der Waals surface area (Å²) < 4.78 is 5.56. The smallest absolute Gasteiger partial charge is 0.329 e. The van der Waals surface area contributed by atoms with Crippen LogP contribution in [0.15, 0.2) is 12.2 Å². The molecule has 0 aliphatic carbocycles. The monoisotopic (exact) mass is 366 g/mol. The molecule has 0 spiro atoms. The van der Waals surface area contributed by atoms with Gasteiger partial charge in [-0.2, -0.15) is 0 Å². The van der Waals surface area contributed by atoms with Crippen LogP contribution < -0.4 is 4.90 Å². The lowest BCUT2D eigenvalue weighted by atomic mass is 9.98. The third-order valence-corrected chi connectivity index (χ3v) is 5.16. The number of ether oxygens (including phenoxy) is 1. The molecule has 2 amide bonds. The Labute approximate surface area is 152 Å². The van der Waals surface area contributed by atoms with Crippen LogP contribution in [0.1, 0.15) is 52.0 Å². The number of allylic oxidation sites excluding steroid dienone is 2. The molecule has 7 nitrogen and oxygen atoms in total. The molecule has 1 saturated heterocycles. The standard InChI is InChI=1S/C17H26N4O3S/c1-6-7-8-9-13(22)24-12-10-11-20(5)16(23)21(12)15-19-18-14(25-15)17(2,3)4/h6-7,12H,8-11H2,1-5H3/b7-6+. The summed E-state index contributed by atoms with van der Waals surface area (Å²) in [5, 5.41) is 9.67. The first-order valence-corrected chi connectivity index (χ1v) is 9.24. The molecule has 0 radical (unpaired) electrons. The van der Waals surface area contributed by atoms with E-state index >= 15 is 0 Å². The number of hydrogen-bond acceptors (Lipinski definition) is 6. The molecule has 1 atom stereocenters. The highest BCUT2D eigenvalue weighted by Gasteiger charge is 2.37. The molecule has 0 N–H and O–H groups in total. The molecule has 138 valence electrons. The van der Waals surface area contributed by atoms with Crippen molar-refractivity contribution in [3.05, 3.63) is 17.2 Å². The highest BCUT2D eigenvalue weighted by atomic mass is 32.1. The van der Waals surface area contributed by atoms with Gasteiger partial charge in [-0.1, -0.05) is 44.3 Å². The summed E-state index contributed by atoms with van der Waals surface area (Å²) in [6, 6.07) is -0.228. The van der Waals surface area contributed by atoms with E-state index < -0.39 is 6.23 Å². The lowest BCUT2D eigenvalue weighted by Gasteiger charge is -2.37. The van der Waals surface area contributed by atoms with Crippen molar-refractivity contribution in [2.24, 2.45) is 0 Å². The van der Waals surface area contributed by atoms with E-state index in [0.717, 1.165) is 5.01 Å². The van der Waals surface area contributed by atoms with E-state index in [1.54, 1.807) is 11.9 Å². The highest BCUT2D eigenvalue weighted by Crippen LogP contribution is 2.33. The van der Waals surface area contributed by atoms with Gasteiger partial charge in [0, 0.05) is 31.8 Å². The van der Waals surface area contributed by atoms with E-state index in [4.69, 9.17) is 4.74 Å². The van der Waals surface area contributed by atoms with Crippen molar-refractivity contribution in [1.29, 1.82) is 0 Å². The van der Waals surface area contributed by atoms with Crippen molar-refractivity contribution < 1.29 is 14.3 Å². The molecule has 2 heterocycles. The number of hydrogen-bond donors (Lipinski definition) is 0. The molecular weight excluding hydrogens is 340 g/mol. The SMILES string of the molecule is C/C=C/CCC(=O)OC1CCN(C)C(=O)N1c1nnc(C(C)(C)C)s1. The summed E-state index contributed by atoms with van der Waals surface area (Å²) in [6.45, 7) is 8.57. The Morgan fingerprint density at radius 1 is 1.40 bits per heavy atom. The third-order valence-electron chi connectivity index (χ3n) is 3.81. The van der Waals surface area contributed by atoms with Crippen LogP contribution in [0.5, 0.6) is 0 Å². The first-order valence-electron chi connectivity index (χ1n) is 8.43. The normalized spacial score (nSPS) is 18.9. The third kappa shape index (κ3) is 4.78. The van der Waals surface area contributed by atoms with Gasteiger partial charge in [0.2, 0.25) is 5.13 Å². The van der Waals surface area contributed by atoms with E-state index in [0.29, 0.717) is 30.9 Å². The van der Waals surface area contributed by atoms with Crippen LogP contribution in [0.4, 0.5) is 9.93 Å². The summed E-state index contributed by atoms with van der Waals surface area (Å²) in [6.07, 6.45) is 4.64. The average molecular weight is 366 g/mol. The Morgan fingerprint density at radius 3 is 2.72 bits per heavy atom. The summed E-state index contributed by atoms with van der Waals surface area (Å²) >= 11 is 1.36. The molecule has 2 rings (SSSR count). The minimum atomic E-state index is -0.637. The predicted octanol–water partition coefficient (Wildman–Crippen LogP) is 3.32. The number of amides is 2. The topological polar surface area (TPSA) is 75.6 Å². The minimum Gasteiger partial charge on any atom is -0.441 e. The van der Waals surface area contributed by atoms with Gasteiger partial charge in [0.25, 0.3) is 0 Å². The fourth-order valence-corrected chi connectivity index (χ4v) is 3.28. The fraction of sp³-hybridized carbons (Fsp3) is 0.647. The minimum absolute atomic E-state index is 0.153. The van der Waals surface area contributed by atoms with Gasteiger partial charge in [-0.3, -0.25) is 4.79 Å². The molecule has 0 aromatic carbocycles. The van der Waals surface area contributed by atoms with Gasteiger partial charge in [-0.05, 0) is 13.3 Å². The lowest BCUT2D eigenvalue weighted by Crippen LogP contribution is -2.54. The fourth-order valence-electron chi connectivity index (χ4n) is 2.35. The second kappa shape index (κ2) is 7.95. The summed E-state index contributed by atoms with van der Waals surface area (Å²) in [5.41, 5.74) is -0.153. The maximum atomic E-state index is 12.6. The first-order chi connectivity index (χ1) is 11.7. The molecule has 25 heavy (non-hydrogen) atoms. The number of anilines is 1. The Kier molecular flexibility index (Phi) is 6.16. The molecule has 1 aliphatic rings. The number of rotatable bonds is 5. The van der Waals surface area contributed by atoms with Crippen LogP contribution in [0.3, 0.4) is 0 Å². The number of nitrogens with zero attached hydrogens (tertiary/aromatic N) is 4. The molecular formula is C17H26N4O3S. The van der Waals surface area contributed by atoms with Gasteiger partial charge in [-0.15, -0.1) is 10.2 Å². The highest BCUT2D eigenvalue weighted by molar-refractivity contribution is 7.15. The second-order valence-electron chi connectivity index (χ2n) is 7.05. The van der Waals surface area contributed by atoms with Crippen LogP contribution in [-0.4, -0.2) is 46.9 Å². The maximum absolute atomic E-state index is 12.6.